The molecule has 0 saturated heterocycles. The van der Waals surface area contributed by atoms with Crippen LogP contribution in [0.3, 0.4) is 0 Å². The van der Waals surface area contributed by atoms with Gasteiger partial charge in [0.2, 0.25) is 5.82 Å². The average molecular weight is 311 g/mol. The van der Waals surface area contributed by atoms with Gasteiger partial charge in [-0.1, -0.05) is 0 Å². The number of nitrogens with one attached hydrogen (secondary N) is 1. The summed E-state index contributed by atoms with van der Waals surface area (Å²) < 4.78 is 39.8. The van der Waals surface area contributed by atoms with Crippen molar-refractivity contribution in [3.8, 4) is 0 Å². The van der Waals surface area contributed by atoms with Crippen molar-refractivity contribution in [1.82, 2.24) is 0 Å². The molecule has 0 aliphatic rings. The highest BCUT2D eigenvalue weighted by Gasteiger charge is 2.20. The molecule has 2 aromatic carbocycles. The number of nitrogen functional groups attached to an aromatic ring is 1. The predicted molar refractivity (Wildman–Crippen MR) is 74.7 cm³/mol. The van der Waals surface area contributed by atoms with Crippen molar-refractivity contribution in [2.75, 3.05) is 10.5 Å². The number of sulfonamides is 1. The van der Waals surface area contributed by atoms with E-state index in [0.29, 0.717) is 11.8 Å². The summed E-state index contributed by atoms with van der Waals surface area (Å²) in [6.45, 7) is 0. The number of nitro groups is 1. The molecule has 3 N–H and O–H groups in total. The second-order valence-corrected chi connectivity index (χ2v) is 5.78. The molecule has 9 heteroatoms. The van der Waals surface area contributed by atoms with Crippen LogP contribution in [-0.4, -0.2) is 13.3 Å². The molecule has 0 radical (unpaired) electrons. The summed E-state index contributed by atoms with van der Waals surface area (Å²) in [5.74, 6) is -1.22. The minimum Gasteiger partial charge on any atom is -0.399 e. The van der Waals surface area contributed by atoms with E-state index in [4.69, 9.17) is 5.73 Å². The number of hydrogen-bond acceptors (Lipinski definition) is 5. The second kappa shape index (κ2) is 5.37. The summed E-state index contributed by atoms with van der Waals surface area (Å²) in [5, 5.41) is 10.5. The van der Waals surface area contributed by atoms with Crippen LogP contribution in [0.4, 0.5) is 21.5 Å². The number of anilines is 2. The molecule has 0 bridgehead atoms. The van der Waals surface area contributed by atoms with E-state index < -0.39 is 31.3 Å². The summed E-state index contributed by atoms with van der Waals surface area (Å²) in [6.07, 6.45) is 0. The van der Waals surface area contributed by atoms with Crippen LogP contribution in [0.25, 0.3) is 0 Å². The van der Waals surface area contributed by atoms with Crippen LogP contribution in [-0.2, 0) is 10.0 Å². The third-order valence-corrected chi connectivity index (χ3v) is 3.97. The fourth-order valence-corrected chi connectivity index (χ4v) is 2.64. The van der Waals surface area contributed by atoms with Crippen LogP contribution in [0, 0.1) is 15.9 Å². The molecule has 0 amide bonds. The van der Waals surface area contributed by atoms with Crippen LogP contribution in [0.2, 0.25) is 0 Å². The van der Waals surface area contributed by atoms with Gasteiger partial charge in [-0.15, -0.1) is 0 Å². The zero-order valence-electron chi connectivity index (χ0n) is 10.5. The highest BCUT2D eigenvalue weighted by Crippen LogP contribution is 2.23. The van der Waals surface area contributed by atoms with Crippen molar-refractivity contribution in [1.29, 1.82) is 0 Å². The fourth-order valence-electron chi connectivity index (χ4n) is 1.57. The monoisotopic (exact) mass is 311 g/mol. The highest BCUT2D eigenvalue weighted by atomic mass is 32.2. The van der Waals surface area contributed by atoms with E-state index in [2.05, 4.69) is 4.72 Å². The van der Waals surface area contributed by atoms with Crippen molar-refractivity contribution in [3.63, 3.8) is 0 Å². The molecule has 2 rings (SSSR count). The summed E-state index contributed by atoms with van der Waals surface area (Å²) >= 11 is 0. The molecule has 0 aliphatic carbocycles. The van der Waals surface area contributed by atoms with Crippen LogP contribution < -0.4 is 10.5 Å². The molecule has 110 valence electrons. The van der Waals surface area contributed by atoms with Gasteiger partial charge < -0.3 is 5.73 Å². The molecule has 0 spiro atoms. The maximum atomic E-state index is 13.5. The number of rotatable bonds is 4. The molecule has 0 atom stereocenters. The van der Waals surface area contributed by atoms with E-state index in [0.717, 1.165) is 12.1 Å². The molecule has 21 heavy (non-hydrogen) atoms. The largest absolute Gasteiger partial charge is 0.399 e. The SMILES string of the molecule is Nc1ccc(NS(=O)(=O)c2ccc([N+](=O)[O-])c(F)c2)cc1. The lowest BCUT2D eigenvalue weighted by atomic mass is 10.3. The normalized spacial score (nSPS) is 11.1. The fraction of sp³-hybridized carbons (Fsp3) is 0. The zero-order valence-corrected chi connectivity index (χ0v) is 11.3. The van der Waals surface area contributed by atoms with E-state index in [1.165, 1.54) is 24.3 Å². The first-order valence-corrected chi connectivity index (χ1v) is 7.10. The maximum absolute atomic E-state index is 13.5. The van der Waals surface area contributed by atoms with Gasteiger partial charge >= 0.3 is 5.69 Å². The molecule has 0 aliphatic heterocycles. The minimum absolute atomic E-state index is 0.239. The molecule has 2 aromatic rings. The Morgan fingerprint density at radius 1 is 1.14 bits per heavy atom. The Balaban J connectivity index is 2.33. The van der Waals surface area contributed by atoms with Crippen LogP contribution in [0.15, 0.2) is 47.4 Å². The maximum Gasteiger partial charge on any atom is 0.304 e. The first-order valence-electron chi connectivity index (χ1n) is 5.62. The highest BCUT2D eigenvalue weighted by molar-refractivity contribution is 7.92. The molecule has 0 aromatic heterocycles. The zero-order chi connectivity index (χ0) is 15.6. The Labute approximate surface area is 119 Å². The molecule has 0 unspecified atom stereocenters. The van der Waals surface area contributed by atoms with Crippen molar-refractivity contribution in [2.45, 2.75) is 4.90 Å². The van der Waals surface area contributed by atoms with E-state index in [9.17, 15) is 22.9 Å². The molecule has 0 heterocycles. The Kier molecular flexibility index (Phi) is 3.76. The van der Waals surface area contributed by atoms with E-state index >= 15 is 0 Å². The Morgan fingerprint density at radius 2 is 1.76 bits per heavy atom. The second-order valence-electron chi connectivity index (χ2n) is 4.10. The number of hydrogen-bond donors (Lipinski definition) is 2. The standard InChI is InChI=1S/C12H10FN3O4S/c13-11-7-10(5-6-12(11)16(17)18)21(19,20)15-9-3-1-8(14)2-4-9/h1-7,15H,14H2. The number of nitro benzene ring substituents is 1. The summed E-state index contributed by atoms with van der Waals surface area (Å²) in [7, 11) is -4.04. The van der Waals surface area contributed by atoms with Crippen LogP contribution >= 0.6 is 0 Å². The first-order chi connectivity index (χ1) is 9.79. The smallest absolute Gasteiger partial charge is 0.304 e. The summed E-state index contributed by atoms with van der Waals surface area (Å²) in [5.41, 5.74) is 5.38. The van der Waals surface area contributed by atoms with Gasteiger partial charge in [0.15, 0.2) is 0 Å². The van der Waals surface area contributed by atoms with E-state index in [1.807, 2.05) is 0 Å². The molecule has 0 saturated carbocycles. The topological polar surface area (TPSA) is 115 Å². The lowest BCUT2D eigenvalue weighted by Crippen LogP contribution is -2.13. The van der Waals surface area contributed by atoms with Gasteiger partial charge in [0.25, 0.3) is 10.0 Å². The number of nitrogens with zero attached hydrogens (tertiary/aromatic N) is 1. The minimum atomic E-state index is -4.04. The van der Waals surface area contributed by atoms with Gasteiger partial charge in [0.05, 0.1) is 9.82 Å². The Bertz CT molecular complexity index is 791. The first kappa shape index (κ1) is 14.7. The van der Waals surface area contributed by atoms with Gasteiger partial charge in [-0.25, -0.2) is 8.42 Å². The lowest BCUT2D eigenvalue weighted by Gasteiger charge is -2.08. The van der Waals surface area contributed by atoms with Gasteiger partial charge in [-0.05, 0) is 30.3 Å². The Hall–Kier alpha value is -2.68. The lowest BCUT2D eigenvalue weighted by molar-refractivity contribution is -0.387. The quantitative estimate of drug-likeness (QED) is 0.510. The number of benzene rings is 2. The van der Waals surface area contributed by atoms with Gasteiger partial charge in [-0.3, -0.25) is 14.8 Å². The summed E-state index contributed by atoms with van der Waals surface area (Å²) in [6, 6.07) is 8.22. The molecule has 7 nitrogen and oxygen atoms in total. The molecular weight excluding hydrogens is 301 g/mol. The summed E-state index contributed by atoms with van der Waals surface area (Å²) in [4.78, 5) is 9.15. The van der Waals surface area contributed by atoms with Gasteiger partial charge in [-0.2, -0.15) is 4.39 Å². The average Bonchev–Trinajstić information content (AvgIpc) is 2.40. The predicted octanol–water partition coefficient (Wildman–Crippen LogP) is 2.12. The number of nitrogens with two attached hydrogens (primary N) is 1. The Morgan fingerprint density at radius 3 is 2.29 bits per heavy atom. The molecular formula is C12H10FN3O4S. The van der Waals surface area contributed by atoms with Gasteiger partial charge in [0.1, 0.15) is 0 Å². The van der Waals surface area contributed by atoms with Gasteiger partial charge in [0, 0.05) is 23.5 Å². The van der Waals surface area contributed by atoms with Crippen molar-refractivity contribution >= 4 is 27.1 Å². The third kappa shape index (κ3) is 3.26. The van der Waals surface area contributed by atoms with Crippen LogP contribution in [0.1, 0.15) is 0 Å². The third-order valence-electron chi connectivity index (χ3n) is 2.59. The van der Waals surface area contributed by atoms with Crippen LogP contribution in [0.5, 0.6) is 0 Å². The van der Waals surface area contributed by atoms with Crippen molar-refractivity contribution in [2.24, 2.45) is 0 Å². The van der Waals surface area contributed by atoms with E-state index in [-0.39, 0.29) is 5.69 Å². The van der Waals surface area contributed by atoms with E-state index in [1.54, 1.807) is 0 Å². The van der Waals surface area contributed by atoms with Crippen molar-refractivity contribution in [3.05, 3.63) is 58.4 Å². The van der Waals surface area contributed by atoms with Crippen molar-refractivity contribution < 1.29 is 17.7 Å². The number of halogens is 1. The molecule has 0 fully saturated rings.